The van der Waals surface area contributed by atoms with Gasteiger partial charge in [-0.2, -0.15) is 0 Å². The summed E-state index contributed by atoms with van der Waals surface area (Å²) in [5.74, 6) is -4.24. The molecule has 0 saturated heterocycles. The van der Waals surface area contributed by atoms with Crippen molar-refractivity contribution in [3.63, 3.8) is 0 Å². The molecular formula is C19H21F3N2O3S. The molecule has 1 atom stereocenters. The Balaban J connectivity index is 2.31. The highest BCUT2D eigenvalue weighted by molar-refractivity contribution is 7.89. The van der Waals surface area contributed by atoms with Gasteiger partial charge >= 0.3 is 0 Å². The molecule has 5 nitrogen and oxygen atoms in total. The molecule has 9 heteroatoms. The maximum Gasteiger partial charge on any atom is 0.258 e. The van der Waals surface area contributed by atoms with E-state index in [1.165, 1.54) is 0 Å². The minimum atomic E-state index is -4.01. The van der Waals surface area contributed by atoms with Gasteiger partial charge in [0.05, 0.1) is 10.5 Å². The topological polar surface area (TPSA) is 75.3 Å². The van der Waals surface area contributed by atoms with E-state index in [0.717, 1.165) is 36.4 Å². The fourth-order valence-corrected chi connectivity index (χ4v) is 3.57. The second-order valence-corrected chi connectivity index (χ2v) is 9.15. The third-order valence-corrected chi connectivity index (χ3v) is 5.84. The quantitative estimate of drug-likeness (QED) is 0.775. The molecule has 0 aliphatic rings. The summed E-state index contributed by atoms with van der Waals surface area (Å²) in [5, 5.41) is 2.21. The van der Waals surface area contributed by atoms with Crippen LogP contribution in [0.3, 0.4) is 0 Å². The molecule has 1 amide bonds. The Bertz CT molecular complexity index is 1000. The van der Waals surface area contributed by atoms with Gasteiger partial charge in [0.25, 0.3) is 5.91 Å². The minimum Gasteiger partial charge on any atom is -0.322 e. The van der Waals surface area contributed by atoms with Crippen molar-refractivity contribution in [2.75, 3.05) is 5.32 Å². The number of carbonyl (C=O) groups excluding carboxylic acids is 1. The van der Waals surface area contributed by atoms with Crippen LogP contribution in [0.15, 0.2) is 41.3 Å². The predicted molar refractivity (Wildman–Crippen MR) is 99.9 cm³/mol. The van der Waals surface area contributed by atoms with E-state index >= 15 is 0 Å². The monoisotopic (exact) mass is 414 g/mol. The van der Waals surface area contributed by atoms with Crippen molar-refractivity contribution >= 4 is 21.6 Å². The molecule has 0 aliphatic heterocycles. The fourth-order valence-electron chi connectivity index (χ4n) is 2.10. The van der Waals surface area contributed by atoms with Crippen molar-refractivity contribution in [2.45, 2.75) is 38.6 Å². The second-order valence-electron chi connectivity index (χ2n) is 7.43. The fraction of sp³-hybridized carbons (Fsp3) is 0.316. The Labute approximate surface area is 162 Å². The molecule has 0 saturated carbocycles. The van der Waals surface area contributed by atoms with Gasteiger partial charge in [-0.25, -0.2) is 26.3 Å². The van der Waals surface area contributed by atoms with Crippen molar-refractivity contribution in [3.05, 3.63) is 59.4 Å². The number of hydrogen-bond donors (Lipinski definition) is 2. The summed E-state index contributed by atoms with van der Waals surface area (Å²) >= 11 is 0. The smallest absolute Gasteiger partial charge is 0.258 e. The zero-order chi connectivity index (χ0) is 21.3. The summed E-state index contributed by atoms with van der Waals surface area (Å²) < 4.78 is 67.9. The van der Waals surface area contributed by atoms with Gasteiger partial charge in [-0.3, -0.25) is 4.79 Å². The Kier molecular flexibility index (Phi) is 6.20. The largest absolute Gasteiger partial charge is 0.322 e. The van der Waals surface area contributed by atoms with E-state index in [9.17, 15) is 26.4 Å². The lowest BCUT2D eigenvalue weighted by Crippen LogP contribution is -2.41. The molecule has 2 aromatic rings. The molecule has 2 N–H and O–H groups in total. The Morgan fingerprint density at radius 3 is 2.14 bits per heavy atom. The first kappa shape index (κ1) is 21.9. The van der Waals surface area contributed by atoms with Crippen molar-refractivity contribution in [1.29, 1.82) is 0 Å². The number of halogens is 3. The lowest BCUT2D eigenvalue weighted by Gasteiger charge is -2.27. The molecule has 0 fully saturated rings. The summed E-state index contributed by atoms with van der Waals surface area (Å²) in [5.41, 5.74) is -1.01. The number of nitrogens with one attached hydrogen (secondary N) is 2. The van der Waals surface area contributed by atoms with Crippen LogP contribution in [-0.4, -0.2) is 20.4 Å². The van der Waals surface area contributed by atoms with Gasteiger partial charge in [0.15, 0.2) is 11.6 Å². The van der Waals surface area contributed by atoms with Gasteiger partial charge in [-0.05, 0) is 42.7 Å². The molecule has 0 spiro atoms. The zero-order valence-electron chi connectivity index (χ0n) is 15.8. The first-order chi connectivity index (χ1) is 12.8. The summed E-state index contributed by atoms with van der Waals surface area (Å²) in [7, 11) is -4.01. The van der Waals surface area contributed by atoms with Gasteiger partial charge in [0, 0.05) is 17.8 Å². The molecule has 0 radical (unpaired) electrons. The lowest BCUT2D eigenvalue weighted by molar-refractivity contribution is 0.102. The number of anilines is 1. The third kappa shape index (κ3) is 5.11. The summed E-state index contributed by atoms with van der Waals surface area (Å²) in [4.78, 5) is 12.0. The lowest BCUT2D eigenvalue weighted by atomic mass is 9.89. The van der Waals surface area contributed by atoms with Crippen LogP contribution in [0.4, 0.5) is 18.9 Å². The van der Waals surface area contributed by atoms with E-state index in [2.05, 4.69) is 10.0 Å². The van der Waals surface area contributed by atoms with E-state index in [0.29, 0.717) is 0 Å². The number of benzene rings is 2. The van der Waals surface area contributed by atoms with Crippen LogP contribution in [0, 0.1) is 22.9 Å². The number of amides is 1. The van der Waals surface area contributed by atoms with E-state index in [1.54, 1.807) is 6.92 Å². The van der Waals surface area contributed by atoms with Crippen LogP contribution in [0.25, 0.3) is 0 Å². The standard InChI is InChI=1S/C19H21F3N2O3S/c1-11(19(2,3)4)24-28(26,27)13-6-8-15(20)14(10-13)18(25)23-12-5-7-16(21)17(22)9-12/h5-11,24H,1-4H3,(H,23,25)/t11-/m1/s1. The van der Waals surface area contributed by atoms with Crippen LogP contribution >= 0.6 is 0 Å². The van der Waals surface area contributed by atoms with Crippen LogP contribution in [-0.2, 0) is 10.0 Å². The van der Waals surface area contributed by atoms with Gasteiger partial charge in [0.1, 0.15) is 5.82 Å². The van der Waals surface area contributed by atoms with Crippen LogP contribution in [0.5, 0.6) is 0 Å². The first-order valence-corrected chi connectivity index (χ1v) is 9.88. The average molecular weight is 414 g/mol. The van der Waals surface area contributed by atoms with Gasteiger partial charge in [-0.15, -0.1) is 0 Å². The maximum absolute atomic E-state index is 14.1. The minimum absolute atomic E-state index is 0.101. The van der Waals surface area contributed by atoms with Crippen molar-refractivity contribution < 1.29 is 26.4 Å². The zero-order valence-corrected chi connectivity index (χ0v) is 16.6. The number of rotatable bonds is 5. The molecule has 0 unspecified atom stereocenters. The molecule has 152 valence electrons. The van der Waals surface area contributed by atoms with Crippen molar-refractivity contribution in [2.24, 2.45) is 5.41 Å². The normalized spacial score (nSPS) is 13.2. The highest BCUT2D eigenvalue weighted by atomic mass is 32.2. The molecule has 2 aromatic carbocycles. The molecule has 0 heterocycles. The predicted octanol–water partition coefficient (Wildman–Crippen LogP) is 4.07. The summed E-state index contributed by atoms with van der Waals surface area (Å²) in [6, 6.07) is 5.00. The molecule has 0 bridgehead atoms. The van der Waals surface area contributed by atoms with Crippen LogP contribution in [0.1, 0.15) is 38.1 Å². The maximum atomic E-state index is 14.1. The van der Waals surface area contributed by atoms with Gasteiger partial charge in [0.2, 0.25) is 10.0 Å². The van der Waals surface area contributed by atoms with Crippen LogP contribution < -0.4 is 10.0 Å². The van der Waals surface area contributed by atoms with E-state index in [1.807, 2.05) is 20.8 Å². The van der Waals surface area contributed by atoms with Crippen LogP contribution in [0.2, 0.25) is 0 Å². The van der Waals surface area contributed by atoms with Gasteiger partial charge < -0.3 is 5.32 Å². The Hall–Kier alpha value is -2.39. The van der Waals surface area contributed by atoms with E-state index in [4.69, 9.17) is 0 Å². The SMILES string of the molecule is C[C@@H](NS(=O)(=O)c1ccc(F)c(C(=O)Nc2ccc(F)c(F)c2)c1)C(C)(C)C. The second kappa shape index (κ2) is 7.92. The Morgan fingerprint density at radius 2 is 1.57 bits per heavy atom. The number of hydrogen-bond acceptors (Lipinski definition) is 3. The van der Waals surface area contributed by atoms with Crippen molar-refractivity contribution in [3.8, 4) is 0 Å². The molecule has 0 aliphatic carbocycles. The Morgan fingerprint density at radius 1 is 0.964 bits per heavy atom. The van der Waals surface area contributed by atoms with Gasteiger partial charge in [-0.1, -0.05) is 20.8 Å². The molecule has 2 rings (SSSR count). The summed E-state index contributed by atoms with van der Waals surface area (Å²) in [6.45, 7) is 7.25. The molecule has 28 heavy (non-hydrogen) atoms. The molecule has 0 aromatic heterocycles. The highest BCUT2D eigenvalue weighted by Gasteiger charge is 2.27. The van der Waals surface area contributed by atoms with E-state index < -0.39 is 45.0 Å². The highest BCUT2D eigenvalue weighted by Crippen LogP contribution is 2.23. The number of sulfonamides is 1. The average Bonchev–Trinajstić information content (AvgIpc) is 2.57. The first-order valence-electron chi connectivity index (χ1n) is 8.39. The molecular weight excluding hydrogens is 393 g/mol. The van der Waals surface area contributed by atoms with E-state index in [-0.39, 0.29) is 16.0 Å². The number of carbonyl (C=O) groups is 1. The third-order valence-electron chi connectivity index (χ3n) is 4.30. The van der Waals surface area contributed by atoms with Crippen molar-refractivity contribution in [1.82, 2.24) is 4.72 Å². The summed E-state index contributed by atoms with van der Waals surface area (Å²) in [6.07, 6.45) is 0.